The zero-order valence-electron chi connectivity index (χ0n) is 11.1. The summed E-state index contributed by atoms with van der Waals surface area (Å²) in [5, 5.41) is 8.95. The average molecular weight is 321 g/mol. The summed E-state index contributed by atoms with van der Waals surface area (Å²) in [5.41, 5.74) is 5.22. The molecule has 4 N–H and O–H groups in total. The number of rotatable bonds is 6. The van der Waals surface area contributed by atoms with Crippen LogP contribution < -0.4 is 11.3 Å². The minimum absolute atomic E-state index is 0.00640. The highest BCUT2D eigenvalue weighted by Crippen LogP contribution is 2.12. The predicted octanol–water partition coefficient (Wildman–Crippen LogP) is -0.256. The van der Waals surface area contributed by atoms with Crippen LogP contribution in [0.3, 0.4) is 0 Å². The highest BCUT2D eigenvalue weighted by molar-refractivity contribution is 7.99. The van der Waals surface area contributed by atoms with E-state index in [4.69, 9.17) is 10.8 Å². The van der Waals surface area contributed by atoms with E-state index in [-0.39, 0.29) is 34.6 Å². The molecule has 0 atom stereocenters. The van der Waals surface area contributed by atoms with Crippen LogP contribution in [0.4, 0.5) is 5.82 Å². The van der Waals surface area contributed by atoms with Crippen molar-refractivity contribution in [3.05, 3.63) is 40.2 Å². The molecule has 0 aromatic carbocycles. The van der Waals surface area contributed by atoms with Gasteiger partial charge in [-0.1, -0.05) is 11.8 Å². The van der Waals surface area contributed by atoms with Crippen molar-refractivity contribution in [1.29, 1.82) is 0 Å². The van der Waals surface area contributed by atoms with E-state index in [1.165, 1.54) is 6.20 Å². The van der Waals surface area contributed by atoms with Gasteiger partial charge in [0, 0.05) is 12.3 Å². The van der Waals surface area contributed by atoms with E-state index in [1.807, 2.05) is 0 Å². The normalized spacial score (nSPS) is 10.4. The number of ketones is 1. The fourth-order valence-corrected chi connectivity index (χ4v) is 2.22. The average Bonchev–Trinajstić information content (AvgIpc) is 2.45. The number of nitrogens with one attached hydrogen (secondary N) is 1. The molecule has 22 heavy (non-hydrogen) atoms. The van der Waals surface area contributed by atoms with Gasteiger partial charge in [0.15, 0.2) is 10.9 Å². The number of nitrogen functional groups attached to an aromatic ring is 1. The number of carboxylic acid groups (broad SMARTS) is 1. The molecule has 0 saturated carbocycles. The highest BCUT2D eigenvalue weighted by atomic mass is 32.2. The molecule has 0 spiro atoms. The van der Waals surface area contributed by atoms with Crippen molar-refractivity contribution in [2.45, 2.75) is 11.6 Å². The molecule has 10 heteroatoms. The number of carbonyl (C=O) groups excluding carboxylic acids is 1. The maximum atomic E-state index is 11.8. The van der Waals surface area contributed by atoms with Crippen molar-refractivity contribution < 1.29 is 14.7 Å². The first-order valence-corrected chi connectivity index (χ1v) is 6.98. The van der Waals surface area contributed by atoms with Gasteiger partial charge in [-0.25, -0.2) is 14.8 Å². The first-order chi connectivity index (χ1) is 10.4. The van der Waals surface area contributed by atoms with Crippen LogP contribution in [0.1, 0.15) is 16.2 Å². The Morgan fingerprint density at radius 2 is 2.09 bits per heavy atom. The Hall–Kier alpha value is -2.75. The lowest BCUT2D eigenvalue weighted by Crippen LogP contribution is -2.12. The van der Waals surface area contributed by atoms with Crippen LogP contribution in [-0.4, -0.2) is 42.5 Å². The quantitative estimate of drug-likeness (QED) is 0.482. The van der Waals surface area contributed by atoms with Crippen LogP contribution in [0.15, 0.2) is 28.4 Å². The van der Waals surface area contributed by atoms with Gasteiger partial charge in [-0.2, -0.15) is 0 Å². The maximum Gasteiger partial charge on any atom is 0.356 e. The Kier molecular flexibility index (Phi) is 4.84. The first-order valence-electron chi connectivity index (χ1n) is 5.99. The number of carboxylic acids is 1. The molecule has 0 fully saturated rings. The molecule has 2 heterocycles. The first kappa shape index (κ1) is 15.6. The number of nitrogens with zero attached hydrogens (tertiary/aromatic N) is 3. The van der Waals surface area contributed by atoms with Gasteiger partial charge < -0.3 is 15.8 Å². The molecule has 0 aliphatic heterocycles. The molecule has 0 bridgehead atoms. The van der Waals surface area contributed by atoms with Gasteiger partial charge in [0.1, 0.15) is 11.6 Å². The second kappa shape index (κ2) is 6.80. The summed E-state index contributed by atoms with van der Waals surface area (Å²) in [6.07, 6.45) is 2.34. The third-order valence-corrected chi connectivity index (χ3v) is 3.35. The molecular weight excluding hydrogens is 310 g/mol. The van der Waals surface area contributed by atoms with Gasteiger partial charge in [-0.05, 0) is 0 Å². The van der Waals surface area contributed by atoms with Gasteiger partial charge in [-0.3, -0.25) is 14.6 Å². The molecule has 0 saturated heterocycles. The largest absolute Gasteiger partial charge is 0.476 e. The number of aromatic carboxylic acids is 1. The minimum atomic E-state index is -1.18. The van der Waals surface area contributed by atoms with Crippen molar-refractivity contribution in [2.75, 3.05) is 11.5 Å². The van der Waals surface area contributed by atoms with E-state index in [1.54, 1.807) is 0 Å². The number of aromatic nitrogens is 4. The Bertz CT molecular complexity index is 759. The molecule has 0 amide bonds. The lowest BCUT2D eigenvalue weighted by atomic mass is 10.2. The van der Waals surface area contributed by atoms with Crippen molar-refractivity contribution in [3.8, 4) is 0 Å². The van der Waals surface area contributed by atoms with Crippen molar-refractivity contribution in [3.63, 3.8) is 0 Å². The number of aromatic amines is 1. The fourth-order valence-electron chi connectivity index (χ4n) is 1.48. The van der Waals surface area contributed by atoms with E-state index >= 15 is 0 Å². The number of anilines is 1. The topological polar surface area (TPSA) is 152 Å². The molecule has 114 valence electrons. The standard InChI is InChI=1S/C12H11N5O4S/c13-9-2-10(19)17-12(16-9)22-5-7(18)1-6-3-15-8(4-14-6)11(20)21/h2-4H,1,5H2,(H,20,21)(H3,13,16,17,19). The predicted molar refractivity (Wildman–Crippen MR) is 77.7 cm³/mol. The summed E-state index contributed by atoms with van der Waals surface area (Å²) in [7, 11) is 0. The summed E-state index contributed by atoms with van der Waals surface area (Å²) in [6, 6.07) is 1.14. The number of thioether (sulfide) groups is 1. The molecule has 2 rings (SSSR count). The summed E-state index contributed by atoms with van der Waals surface area (Å²) >= 11 is 1.05. The van der Waals surface area contributed by atoms with E-state index in [2.05, 4.69) is 19.9 Å². The van der Waals surface area contributed by atoms with Gasteiger partial charge in [0.05, 0.1) is 24.1 Å². The highest BCUT2D eigenvalue weighted by Gasteiger charge is 2.10. The van der Waals surface area contributed by atoms with Crippen LogP contribution in [0, 0.1) is 0 Å². The number of hydrogen-bond acceptors (Lipinski definition) is 8. The molecule has 9 nitrogen and oxygen atoms in total. The molecule has 0 aliphatic rings. The maximum absolute atomic E-state index is 11.8. The summed E-state index contributed by atoms with van der Waals surface area (Å²) in [5.74, 6) is -1.21. The molecule has 0 unspecified atom stereocenters. The summed E-state index contributed by atoms with van der Waals surface area (Å²) in [6.45, 7) is 0. The number of Topliss-reactive ketones (excluding diaryl/α,β-unsaturated/α-hetero) is 1. The van der Waals surface area contributed by atoms with Crippen LogP contribution in [0.25, 0.3) is 0 Å². The van der Waals surface area contributed by atoms with Gasteiger partial charge >= 0.3 is 5.97 Å². The van der Waals surface area contributed by atoms with E-state index in [0.29, 0.717) is 5.69 Å². The van der Waals surface area contributed by atoms with E-state index in [9.17, 15) is 14.4 Å². The molecule has 0 radical (unpaired) electrons. The third-order valence-electron chi connectivity index (χ3n) is 2.41. The monoisotopic (exact) mass is 321 g/mol. The molecule has 0 aliphatic carbocycles. The zero-order valence-corrected chi connectivity index (χ0v) is 12.0. The second-order valence-corrected chi connectivity index (χ2v) is 5.14. The number of H-pyrrole nitrogens is 1. The summed E-state index contributed by atoms with van der Waals surface area (Å²) < 4.78 is 0. The van der Waals surface area contributed by atoms with Crippen LogP contribution >= 0.6 is 11.8 Å². The molecular formula is C12H11N5O4S. The van der Waals surface area contributed by atoms with Gasteiger partial charge in [0.2, 0.25) is 0 Å². The minimum Gasteiger partial charge on any atom is -0.476 e. The van der Waals surface area contributed by atoms with E-state index < -0.39 is 11.5 Å². The number of nitrogens with two attached hydrogens (primary N) is 1. The zero-order chi connectivity index (χ0) is 16.1. The number of carbonyl (C=O) groups is 2. The fraction of sp³-hybridized carbons (Fsp3) is 0.167. The van der Waals surface area contributed by atoms with Gasteiger partial charge in [-0.15, -0.1) is 0 Å². The van der Waals surface area contributed by atoms with Crippen LogP contribution in [0.2, 0.25) is 0 Å². The Morgan fingerprint density at radius 1 is 1.32 bits per heavy atom. The summed E-state index contributed by atoms with van der Waals surface area (Å²) in [4.78, 5) is 47.5. The SMILES string of the molecule is Nc1cc(=O)[nH]c(SCC(=O)Cc2cnc(C(=O)O)cn2)n1. The van der Waals surface area contributed by atoms with Crippen LogP contribution in [-0.2, 0) is 11.2 Å². The Labute approximate surface area is 128 Å². The smallest absolute Gasteiger partial charge is 0.356 e. The second-order valence-electron chi connectivity index (χ2n) is 4.18. The van der Waals surface area contributed by atoms with Crippen molar-refractivity contribution in [1.82, 2.24) is 19.9 Å². The number of hydrogen-bond donors (Lipinski definition) is 3. The van der Waals surface area contributed by atoms with E-state index in [0.717, 1.165) is 24.0 Å². The Balaban J connectivity index is 1.92. The van der Waals surface area contributed by atoms with Gasteiger partial charge in [0.25, 0.3) is 5.56 Å². The van der Waals surface area contributed by atoms with Crippen molar-refractivity contribution >= 4 is 29.3 Å². The molecule has 2 aromatic heterocycles. The lowest BCUT2D eigenvalue weighted by Gasteiger charge is -2.02. The Morgan fingerprint density at radius 3 is 2.68 bits per heavy atom. The van der Waals surface area contributed by atoms with Crippen molar-refractivity contribution in [2.24, 2.45) is 0 Å². The molecule has 2 aromatic rings. The third kappa shape index (κ3) is 4.38. The lowest BCUT2D eigenvalue weighted by molar-refractivity contribution is -0.116. The van der Waals surface area contributed by atoms with Crippen LogP contribution in [0.5, 0.6) is 0 Å².